The maximum absolute atomic E-state index is 12.7. The predicted molar refractivity (Wildman–Crippen MR) is 107 cm³/mol. The number of hydrogen-bond acceptors (Lipinski definition) is 3. The van der Waals surface area contributed by atoms with Crippen molar-refractivity contribution in [2.45, 2.75) is 53.5 Å². The van der Waals surface area contributed by atoms with Crippen LogP contribution in [0.1, 0.15) is 42.3 Å². The van der Waals surface area contributed by atoms with E-state index >= 15 is 0 Å². The molecule has 0 aliphatic heterocycles. The van der Waals surface area contributed by atoms with E-state index in [4.69, 9.17) is 0 Å². The van der Waals surface area contributed by atoms with Crippen LogP contribution >= 0.6 is 0 Å². The molecule has 0 bridgehead atoms. The van der Waals surface area contributed by atoms with Crippen LogP contribution in [0, 0.1) is 20.8 Å². The Labute approximate surface area is 160 Å². The highest BCUT2D eigenvalue weighted by molar-refractivity contribution is 5.92. The highest BCUT2D eigenvalue weighted by Crippen LogP contribution is 2.20. The molecule has 2 aromatic heterocycles. The number of aryl methyl sites for hydroxylation is 3. The summed E-state index contributed by atoms with van der Waals surface area (Å²) in [7, 11) is 0. The molecule has 0 unspecified atom stereocenters. The van der Waals surface area contributed by atoms with Gasteiger partial charge >= 0.3 is 0 Å². The van der Waals surface area contributed by atoms with Gasteiger partial charge in [-0.15, -0.1) is 0 Å². The smallest absolute Gasteiger partial charge is 0.230 e. The third-order valence-corrected chi connectivity index (χ3v) is 4.78. The third kappa shape index (κ3) is 4.10. The molecular weight excluding hydrogens is 338 g/mol. The lowest BCUT2D eigenvalue weighted by molar-refractivity contribution is -0.115. The standard InChI is InChI=1S/C21H27N5O/c1-5-6-12-25-21(15(2)14-22-25)23-20(27)13-19-16(3)24-26(17(19)4)18-10-8-7-9-11-18/h7-11,14H,5-6,12-13H2,1-4H3,(H,23,27). The SMILES string of the molecule is CCCCn1ncc(C)c1NC(=O)Cc1c(C)nn(-c2ccccc2)c1C. The molecule has 6 heteroatoms. The molecular formula is C21H27N5O. The number of nitrogens with one attached hydrogen (secondary N) is 1. The zero-order chi connectivity index (χ0) is 19.4. The molecule has 0 atom stereocenters. The molecule has 0 fully saturated rings. The van der Waals surface area contributed by atoms with Gasteiger partial charge in [-0.25, -0.2) is 9.36 Å². The van der Waals surface area contributed by atoms with Gasteiger partial charge in [-0.3, -0.25) is 4.79 Å². The Morgan fingerprint density at radius 2 is 1.89 bits per heavy atom. The van der Waals surface area contributed by atoms with Gasteiger partial charge in [0.05, 0.1) is 24.0 Å². The number of carbonyl (C=O) groups excluding carboxylic acids is 1. The molecule has 1 N–H and O–H groups in total. The van der Waals surface area contributed by atoms with Crippen molar-refractivity contribution in [1.82, 2.24) is 19.6 Å². The number of nitrogens with zero attached hydrogens (tertiary/aromatic N) is 4. The Morgan fingerprint density at radius 1 is 1.15 bits per heavy atom. The van der Waals surface area contributed by atoms with E-state index in [1.807, 2.05) is 60.5 Å². The quantitative estimate of drug-likeness (QED) is 0.689. The van der Waals surface area contributed by atoms with E-state index in [0.29, 0.717) is 6.42 Å². The fourth-order valence-electron chi connectivity index (χ4n) is 3.21. The molecule has 2 heterocycles. The zero-order valence-electron chi connectivity index (χ0n) is 16.5. The highest BCUT2D eigenvalue weighted by Gasteiger charge is 2.17. The van der Waals surface area contributed by atoms with Gasteiger partial charge in [0.25, 0.3) is 0 Å². The number of hydrogen-bond donors (Lipinski definition) is 1. The van der Waals surface area contributed by atoms with Gasteiger partial charge in [0.1, 0.15) is 5.82 Å². The summed E-state index contributed by atoms with van der Waals surface area (Å²) in [5, 5.41) is 12.0. The second kappa shape index (κ2) is 8.20. The fourth-order valence-corrected chi connectivity index (χ4v) is 3.21. The monoisotopic (exact) mass is 365 g/mol. The largest absolute Gasteiger partial charge is 0.310 e. The maximum Gasteiger partial charge on any atom is 0.230 e. The summed E-state index contributed by atoms with van der Waals surface area (Å²) >= 11 is 0. The first kappa shape index (κ1) is 18.9. The zero-order valence-corrected chi connectivity index (χ0v) is 16.5. The van der Waals surface area contributed by atoms with Crippen molar-refractivity contribution in [3.8, 4) is 5.69 Å². The van der Waals surface area contributed by atoms with E-state index in [9.17, 15) is 4.79 Å². The maximum atomic E-state index is 12.7. The summed E-state index contributed by atoms with van der Waals surface area (Å²) in [5.41, 5.74) is 4.81. The van der Waals surface area contributed by atoms with Gasteiger partial charge in [-0.2, -0.15) is 10.2 Å². The van der Waals surface area contributed by atoms with Gasteiger partial charge in [-0.1, -0.05) is 31.5 Å². The number of rotatable bonds is 7. The lowest BCUT2D eigenvalue weighted by atomic mass is 10.1. The van der Waals surface area contributed by atoms with Crippen LogP contribution < -0.4 is 5.32 Å². The number of para-hydroxylation sites is 1. The minimum atomic E-state index is -0.0461. The van der Waals surface area contributed by atoms with Crippen LogP contribution in [-0.2, 0) is 17.8 Å². The summed E-state index contributed by atoms with van der Waals surface area (Å²) in [6.45, 7) is 8.88. The van der Waals surface area contributed by atoms with Crippen molar-refractivity contribution in [2.24, 2.45) is 0 Å². The number of aromatic nitrogens is 4. The Kier molecular flexibility index (Phi) is 5.74. The highest BCUT2D eigenvalue weighted by atomic mass is 16.1. The second-order valence-electron chi connectivity index (χ2n) is 6.87. The van der Waals surface area contributed by atoms with Crippen molar-refractivity contribution in [2.75, 3.05) is 5.32 Å². The molecule has 27 heavy (non-hydrogen) atoms. The minimum Gasteiger partial charge on any atom is -0.310 e. The Balaban J connectivity index is 1.78. The van der Waals surface area contributed by atoms with Crippen LogP contribution in [0.15, 0.2) is 36.5 Å². The average molecular weight is 365 g/mol. The van der Waals surface area contributed by atoms with Crippen LogP contribution in [0.3, 0.4) is 0 Å². The van der Waals surface area contributed by atoms with Gasteiger partial charge in [-0.05, 0) is 39.3 Å². The number of amides is 1. The molecule has 0 spiro atoms. The second-order valence-corrected chi connectivity index (χ2v) is 6.87. The molecule has 1 amide bonds. The summed E-state index contributed by atoms with van der Waals surface area (Å²) < 4.78 is 3.78. The third-order valence-electron chi connectivity index (χ3n) is 4.78. The summed E-state index contributed by atoms with van der Waals surface area (Å²) in [5.74, 6) is 0.745. The molecule has 0 aliphatic carbocycles. The Bertz CT molecular complexity index is 924. The van der Waals surface area contributed by atoms with Crippen molar-refractivity contribution >= 4 is 11.7 Å². The topological polar surface area (TPSA) is 64.7 Å². The van der Waals surface area contributed by atoms with Crippen molar-refractivity contribution in [3.05, 3.63) is 59.0 Å². The van der Waals surface area contributed by atoms with E-state index in [1.165, 1.54) is 0 Å². The lowest BCUT2D eigenvalue weighted by Gasteiger charge is -2.10. The summed E-state index contributed by atoms with van der Waals surface area (Å²) in [4.78, 5) is 12.7. The molecule has 142 valence electrons. The van der Waals surface area contributed by atoms with Gasteiger partial charge in [0, 0.05) is 23.4 Å². The average Bonchev–Trinajstić information content (AvgIpc) is 3.15. The van der Waals surface area contributed by atoms with E-state index < -0.39 is 0 Å². The van der Waals surface area contributed by atoms with Gasteiger partial charge in [0.15, 0.2) is 0 Å². The fraction of sp³-hybridized carbons (Fsp3) is 0.381. The first-order valence-corrected chi connectivity index (χ1v) is 9.44. The number of benzene rings is 1. The van der Waals surface area contributed by atoms with Crippen molar-refractivity contribution in [1.29, 1.82) is 0 Å². The van der Waals surface area contributed by atoms with E-state index in [0.717, 1.165) is 53.4 Å². The summed E-state index contributed by atoms with van der Waals surface area (Å²) in [6.07, 6.45) is 4.22. The van der Waals surface area contributed by atoms with E-state index in [1.54, 1.807) is 6.20 Å². The Hall–Kier alpha value is -2.89. The van der Waals surface area contributed by atoms with Crippen LogP contribution in [0.25, 0.3) is 5.69 Å². The molecule has 3 aromatic rings. The first-order valence-electron chi connectivity index (χ1n) is 9.44. The van der Waals surface area contributed by atoms with Crippen LogP contribution in [0.5, 0.6) is 0 Å². The number of carbonyl (C=O) groups is 1. The van der Waals surface area contributed by atoms with E-state index in [-0.39, 0.29) is 5.91 Å². The number of anilines is 1. The molecule has 6 nitrogen and oxygen atoms in total. The van der Waals surface area contributed by atoms with Crippen molar-refractivity contribution in [3.63, 3.8) is 0 Å². The van der Waals surface area contributed by atoms with E-state index in [2.05, 4.69) is 22.4 Å². The molecule has 0 radical (unpaired) electrons. The number of unbranched alkanes of at least 4 members (excludes halogenated alkanes) is 1. The van der Waals surface area contributed by atoms with Crippen LogP contribution in [0.4, 0.5) is 5.82 Å². The predicted octanol–water partition coefficient (Wildman–Crippen LogP) is 3.98. The van der Waals surface area contributed by atoms with Gasteiger partial charge < -0.3 is 5.32 Å². The molecule has 1 aromatic carbocycles. The summed E-state index contributed by atoms with van der Waals surface area (Å²) in [6, 6.07) is 9.97. The van der Waals surface area contributed by atoms with Crippen molar-refractivity contribution < 1.29 is 4.79 Å². The normalized spacial score (nSPS) is 11.0. The molecule has 0 aliphatic rings. The Morgan fingerprint density at radius 3 is 2.59 bits per heavy atom. The van der Waals surface area contributed by atoms with Crippen LogP contribution in [-0.4, -0.2) is 25.5 Å². The lowest BCUT2D eigenvalue weighted by Crippen LogP contribution is -2.19. The molecule has 0 saturated carbocycles. The first-order chi connectivity index (χ1) is 13.0. The molecule has 0 saturated heterocycles. The minimum absolute atomic E-state index is 0.0461. The molecule has 3 rings (SSSR count). The van der Waals surface area contributed by atoms with Gasteiger partial charge in [0.2, 0.25) is 5.91 Å². The van der Waals surface area contributed by atoms with Crippen LogP contribution in [0.2, 0.25) is 0 Å².